The van der Waals surface area contributed by atoms with E-state index in [1.165, 1.54) is 18.2 Å². The van der Waals surface area contributed by atoms with E-state index in [2.05, 4.69) is 31.9 Å². The summed E-state index contributed by atoms with van der Waals surface area (Å²) < 4.78 is 11.0. The number of rotatable bonds is 0. The van der Waals surface area contributed by atoms with Crippen LogP contribution in [0.2, 0.25) is 0 Å². The SMILES string of the molecule is O=C1CC2(C(=O)Oc3c2ccc(O)c3Br)c2ccc(O)c(Br)c2O1. The average molecular weight is 456 g/mol. The first-order valence-corrected chi connectivity index (χ1v) is 8.41. The van der Waals surface area contributed by atoms with Crippen molar-refractivity contribution in [2.45, 2.75) is 11.8 Å². The molecule has 2 aromatic carbocycles. The molecule has 4 rings (SSSR count). The lowest BCUT2D eigenvalue weighted by Crippen LogP contribution is -2.42. The minimum atomic E-state index is -1.38. The molecular weight excluding hydrogens is 448 g/mol. The zero-order valence-electron chi connectivity index (χ0n) is 11.8. The average Bonchev–Trinajstić information content (AvgIpc) is 2.81. The minimum absolute atomic E-state index is 0.0795. The van der Waals surface area contributed by atoms with Crippen molar-refractivity contribution in [2.75, 3.05) is 0 Å². The first-order chi connectivity index (χ1) is 11.4. The zero-order valence-corrected chi connectivity index (χ0v) is 15.0. The zero-order chi connectivity index (χ0) is 17.2. The van der Waals surface area contributed by atoms with E-state index in [9.17, 15) is 19.8 Å². The molecular formula is C16H8Br2O6. The van der Waals surface area contributed by atoms with Crippen molar-refractivity contribution in [1.82, 2.24) is 0 Å². The van der Waals surface area contributed by atoms with E-state index in [1.54, 1.807) is 6.07 Å². The van der Waals surface area contributed by atoms with Crippen molar-refractivity contribution in [2.24, 2.45) is 0 Å². The number of fused-ring (bicyclic) bond motifs is 4. The molecule has 2 aliphatic rings. The highest BCUT2D eigenvalue weighted by molar-refractivity contribution is 9.11. The van der Waals surface area contributed by atoms with E-state index >= 15 is 0 Å². The van der Waals surface area contributed by atoms with E-state index in [0.29, 0.717) is 11.1 Å². The van der Waals surface area contributed by atoms with Gasteiger partial charge in [0.1, 0.15) is 25.9 Å². The summed E-state index contributed by atoms with van der Waals surface area (Å²) in [4.78, 5) is 24.9. The van der Waals surface area contributed by atoms with Crippen LogP contribution in [0.1, 0.15) is 17.5 Å². The van der Waals surface area contributed by atoms with Gasteiger partial charge in [-0.1, -0.05) is 12.1 Å². The Bertz CT molecular complexity index is 939. The molecule has 0 bridgehead atoms. The Labute approximate surface area is 152 Å². The molecule has 2 aliphatic heterocycles. The van der Waals surface area contributed by atoms with Gasteiger partial charge in [0, 0.05) is 11.1 Å². The van der Waals surface area contributed by atoms with Crippen molar-refractivity contribution >= 4 is 43.8 Å². The van der Waals surface area contributed by atoms with E-state index in [0.717, 1.165) is 0 Å². The number of phenolic OH excluding ortho intramolecular Hbond substituents is 2. The van der Waals surface area contributed by atoms with Gasteiger partial charge in [0.05, 0.1) is 6.42 Å². The van der Waals surface area contributed by atoms with Gasteiger partial charge >= 0.3 is 11.9 Å². The first kappa shape index (κ1) is 15.5. The molecule has 1 atom stereocenters. The third-order valence-corrected chi connectivity index (χ3v) is 5.77. The van der Waals surface area contributed by atoms with Crippen LogP contribution < -0.4 is 9.47 Å². The van der Waals surface area contributed by atoms with Crippen molar-refractivity contribution in [3.05, 3.63) is 44.3 Å². The number of hydrogen-bond acceptors (Lipinski definition) is 6. The predicted octanol–water partition coefficient (Wildman–Crippen LogP) is 3.14. The number of phenols is 2. The molecule has 0 radical (unpaired) electrons. The second-order valence-electron chi connectivity index (χ2n) is 5.50. The van der Waals surface area contributed by atoms with Crippen LogP contribution in [0.4, 0.5) is 0 Å². The topological polar surface area (TPSA) is 93.1 Å². The van der Waals surface area contributed by atoms with Gasteiger partial charge in [0.25, 0.3) is 0 Å². The summed E-state index contributed by atoms with van der Waals surface area (Å²) in [6.07, 6.45) is -0.236. The van der Waals surface area contributed by atoms with Gasteiger partial charge in [0.15, 0.2) is 11.5 Å². The molecule has 2 aromatic rings. The first-order valence-electron chi connectivity index (χ1n) is 6.83. The standard InChI is InChI=1S/C16H8Br2O6/c17-11-8(19)3-1-6-13(11)23-10(21)5-16(6)7-2-4-9(20)12(18)14(7)24-15(16)22/h1-4,19-20H,5H2. The number of ether oxygens (including phenoxy) is 2. The van der Waals surface area contributed by atoms with E-state index in [-0.39, 0.29) is 38.4 Å². The van der Waals surface area contributed by atoms with Crippen molar-refractivity contribution in [3.63, 3.8) is 0 Å². The Balaban J connectivity index is 2.08. The molecule has 2 N–H and O–H groups in total. The number of halogens is 2. The maximum absolute atomic E-state index is 12.8. The number of benzene rings is 2. The van der Waals surface area contributed by atoms with Gasteiger partial charge < -0.3 is 19.7 Å². The fourth-order valence-electron chi connectivity index (χ4n) is 3.14. The molecule has 122 valence electrons. The quantitative estimate of drug-likeness (QED) is 0.468. The van der Waals surface area contributed by atoms with Gasteiger partial charge in [-0.2, -0.15) is 0 Å². The highest BCUT2D eigenvalue weighted by Gasteiger charge is 2.57. The van der Waals surface area contributed by atoms with Gasteiger partial charge in [-0.05, 0) is 44.0 Å². The van der Waals surface area contributed by atoms with Gasteiger partial charge in [0.2, 0.25) is 0 Å². The van der Waals surface area contributed by atoms with Crippen LogP contribution in [0, 0.1) is 0 Å². The monoisotopic (exact) mass is 454 g/mol. The fraction of sp³-hybridized carbons (Fsp3) is 0.125. The van der Waals surface area contributed by atoms with Crippen LogP contribution in [0.25, 0.3) is 0 Å². The molecule has 0 saturated carbocycles. The molecule has 8 heteroatoms. The number of carbonyl (C=O) groups is 2. The molecule has 24 heavy (non-hydrogen) atoms. The predicted molar refractivity (Wildman–Crippen MR) is 88.3 cm³/mol. The fourth-order valence-corrected chi connectivity index (χ4v) is 3.99. The molecule has 6 nitrogen and oxygen atoms in total. The number of esters is 2. The highest BCUT2D eigenvalue weighted by atomic mass is 79.9. The summed E-state index contributed by atoms with van der Waals surface area (Å²) in [5.74, 6) is -1.20. The number of carbonyl (C=O) groups excluding carboxylic acids is 2. The van der Waals surface area contributed by atoms with Gasteiger partial charge in [-0.15, -0.1) is 0 Å². The van der Waals surface area contributed by atoms with Crippen molar-refractivity contribution in [1.29, 1.82) is 0 Å². The number of aromatic hydroxyl groups is 2. The van der Waals surface area contributed by atoms with Gasteiger partial charge in [-0.3, -0.25) is 9.59 Å². The smallest absolute Gasteiger partial charge is 0.327 e. The van der Waals surface area contributed by atoms with Crippen LogP contribution in [0.5, 0.6) is 23.0 Å². The van der Waals surface area contributed by atoms with E-state index in [4.69, 9.17) is 9.47 Å². The maximum Gasteiger partial charge on any atom is 0.327 e. The van der Waals surface area contributed by atoms with E-state index in [1.807, 2.05) is 0 Å². The van der Waals surface area contributed by atoms with Crippen LogP contribution in [0.3, 0.4) is 0 Å². The summed E-state index contributed by atoms with van der Waals surface area (Å²) in [6, 6.07) is 5.90. The summed E-state index contributed by atoms with van der Waals surface area (Å²) in [6.45, 7) is 0. The van der Waals surface area contributed by atoms with E-state index < -0.39 is 17.4 Å². The molecule has 0 aliphatic carbocycles. The largest absolute Gasteiger partial charge is 0.507 e. The minimum Gasteiger partial charge on any atom is -0.507 e. The Morgan fingerprint density at radius 1 is 0.875 bits per heavy atom. The van der Waals surface area contributed by atoms with Crippen molar-refractivity contribution < 1.29 is 29.3 Å². The number of hydrogen-bond donors (Lipinski definition) is 2. The molecule has 0 saturated heterocycles. The lowest BCUT2D eigenvalue weighted by atomic mass is 9.71. The molecule has 2 heterocycles. The summed E-state index contributed by atoms with van der Waals surface area (Å²) in [5, 5.41) is 19.7. The molecule has 1 spiro atoms. The Hall–Kier alpha value is -2.06. The lowest BCUT2D eigenvalue weighted by molar-refractivity contribution is -0.145. The Kier molecular flexibility index (Phi) is 3.20. The third-order valence-electron chi connectivity index (χ3n) is 4.24. The normalized spacial score (nSPS) is 21.2. The summed E-state index contributed by atoms with van der Waals surface area (Å²) in [7, 11) is 0. The Morgan fingerprint density at radius 3 is 1.92 bits per heavy atom. The molecule has 0 aromatic heterocycles. The van der Waals surface area contributed by atoms with Gasteiger partial charge in [-0.25, -0.2) is 0 Å². The van der Waals surface area contributed by atoms with Crippen molar-refractivity contribution in [3.8, 4) is 23.0 Å². The Morgan fingerprint density at radius 2 is 1.38 bits per heavy atom. The third kappa shape index (κ3) is 1.81. The van der Waals surface area contributed by atoms with Crippen LogP contribution >= 0.6 is 31.9 Å². The lowest BCUT2D eigenvalue weighted by Gasteiger charge is -2.32. The maximum atomic E-state index is 12.8. The van der Waals surface area contributed by atoms with Crippen LogP contribution in [0.15, 0.2) is 33.2 Å². The van der Waals surface area contributed by atoms with Crippen LogP contribution in [-0.4, -0.2) is 22.2 Å². The summed E-state index contributed by atoms with van der Waals surface area (Å²) in [5.41, 5.74) is -0.521. The van der Waals surface area contributed by atoms with Crippen LogP contribution in [-0.2, 0) is 15.0 Å². The molecule has 1 unspecified atom stereocenters. The molecule has 0 amide bonds. The summed E-state index contributed by atoms with van der Waals surface area (Å²) >= 11 is 6.38. The second-order valence-corrected chi connectivity index (χ2v) is 7.08. The second kappa shape index (κ2) is 4.97. The highest BCUT2D eigenvalue weighted by Crippen LogP contribution is 2.56. The molecule has 0 fully saturated rings.